The summed E-state index contributed by atoms with van der Waals surface area (Å²) in [6, 6.07) is 0. The van der Waals surface area contributed by atoms with Crippen LogP contribution in [0.15, 0.2) is 146 Å². The molecule has 0 amide bonds. The standard InChI is InChI=1S/C83H138O17P2/c1-5-9-13-17-21-25-29-32-35-37-38-40-43-45-49-52-56-60-64-68-80(85)93-73-78(99-82(87)69-65-61-57-53-47-28-24-20-16-12-8-4)75-97-101(89,90)95-71-77(84)72-96-102(91,92)98-76-79(100-83(88)70-66-62-58-54-50-46-41-34-31-27-23-19-15-11-7-3)74-94-81(86)67-63-59-55-51-48-44-42-39-36-33-30-26-22-18-14-10-6-2/h9-10,13-14,21-23,25-27,32-36,38,40-42,44-45,49,56,60,77-79,84H,5-8,11-12,15-20,24,28-31,37,39,43,46-48,50-55,57-59,61-76H2,1-4H3,(H,89,90)(H,91,92)/b13-9-,14-10-,25-21-,26-22-,27-23-,35-32-,36-33-,40-38-,41-34-,44-42-,49-45-,60-56-. The van der Waals surface area contributed by atoms with Crippen molar-refractivity contribution in [3.8, 4) is 0 Å². The van der Waals surface area contributed by atoms with Crippen LogP contribution >= 0.6 is 15.6 Å². The van der Waals surface area contributed by atoms with E-state index in [0.29, 0.717) is 32.1 Å². The molecular formula is C83H138O17P2. The van der Waals surface area contributed by atoms with E-state index >= 15 is 0 Å². The molecule has 0 aliphatic carbocycles. The van der Waals surface area contributed by atoms with Crippen LogP contribution in [0.5, 0.6) is 0 Å². The third-order valence-corrected chi connectivity index (χ3v) is 17.7. The summed E-state index contributed by atoms with van der Waals surface area (Å²) in [4.78, 5) is 72.9. The minimum Gasteiger partial charge on any atom is -0.462 e. The van der Waals surface area contributed by atoms with Gasteiger partial charge < -0.3 is 33.8 Å². The molecule has 0 radical (unpaired) electrons. The molecule has 0 aromatic rings. The number of rotatable bonds is 72. The molecule has 582 valence electrons. The van der Waals surface area contributed by atoms with E-state index in [1.54, 1.807) is 0 Å². The number of phosphoric acid groups is 2. The molecule has 3 N–H and O–H groups in total. The van der Waals surface area contributed by atoms with Gasteiger partial charge in [0.1, 0.15) is 19.3 Å². The Kier molecular flexibility index (Phi) is 70.5. The van der Waals surface area contributed by atoms with Crippen molar-refractivity contribution in [1.82, 2.24) is 0 Å². The average Bonchev–Trinajstić information content (AvgIpc) is 0.926. The fourth-order valence-electron chi connectivity index (χ4n) is 9.91. The predicted octanol–water partition coefficient (Wildman–Crippen LogP) is 22.7. The van der Waals surface area contributed by atoms with Crippen molar-refractivity contribution < 1.29 is 80.2 Å². The predicted molar refractivity (Wildman–Crippen MR) is 417 cm³/mol. The lowest BCUT2D eigenvalue weighted by Gasteiger charge is -2.21. The van der Waals surface area contributed by atoms with E-state index in [0.717, 1.165) is 154 Å². The first-order chi connectivity index (χ1) is 49.7. The van der Waals surface area contributed by atoms with Crippen LogP contribution in [0.1, 0.15) is 297 Å². The van der Waals surface area contributed by atoms with Gasteiger partial charge in [0.25, 0.3) is 0 Å². The van der Waals surface area contributed by atoms with Gasteiger partial charge in [0.15, 0.2) is 12.2 Å². The summed E-state index contributed by atoms with van der Waals surface area (Å²) in [5, 5.41) is 10.6. The molecule has 5 atom stereocenters. The summed E-state index contributed by atoms with van der Waals surface area (Å²) in [6.07, 6.45) is 84.2. The minimum atomic E-state index is -4.99. The number of carbonyl (C=O) groups excluding carboxylic acids is 4. The van der Waals surface area contributed by atoms with E-state index in [9.17, 15) is 43.2 Å². The zero-order valence-electron chi connectivity index (χ0n) is 63.5. The highest BCUT2D eigenvalue weighted by atomic mass is 31.2. The van der Waals surface area contributed by atoms with Crippen molar-refractivity contribution in [2.45, 2.75) is 316 Å². The second kappa shape index (κ2) is 74.2. The lowest BCUT2D eigenvalue weighted by molar-refractivity contribution is -0.161. The fourth-order valence-corrected chi connectivity index (χ4v) is 11.5. The van der Waals surface area contributed by atoms with Gasteiger partial charge in [-0.15, -0.1) is 0 Å². The van der Waals surface area contributed by atoms with Gasteiger partial charge in [0.2, 0.25) is 0 Å². The first kappa shape index (κ1) is 96.9. The fraction of sp³-hybridized carbons (Fsp3) is 0.663. The Morgan fingerprint density at radius 3 is 0.863 bits per heavy atom. The topological polar surface area (TPSA) is 237 Å². The molecule has 0 aliphatic rings. The Morgan fingerprint density at radius 2 is 0.529 bits per heavy atom. The zero-order valence-corrected chi connectivity index (χ0v) is 65.3. The van der Waals surface area contributed by atoms with Crippen LogP contribution in [-0.2, 0) is 65.4 Å². The van der Waals surface area contributed by atoms with Crippen molar-refractivity contribution in [1.29, 1.82) is 0 Å². The van der Waals surface area contributed by atoms with Gasteiger partial charge in [-0.2, -0.15) is 0 Å². The van der Waals surface area contributed by atoms with Gasteiger partial charge in [0.05, 0.1) is 26.4 Å². The maximum absolute atomic E-state index is 13.1. The number of hydrogen-bond acceptors (Lipinski definition) is 15. The molecule has 0 aromatic carbocycles. The lowest BCUT2D eigenvalue weighted by atomic mass is 10.1. The summed E-state index contributed by atoms with van der Waals surface area (Å²) in [7, 11) is -9.99. The number of phosphoric ester groups is 2. The molecule has 0 aromatic heterocycles. The number of allylic oxidation sites excluding steroid dienone is 24. The van der Waals surface area contributed by atoms with Crippen LogP contribution in [0.3, 0.4) is 0 Å². The third kappa shape index (κ3) is 73.3. The highest BCUT2D eigenvalue weighted by molar-refractivity contribution is 7.47. The summed E-state index contributed by atoms with van der Waals surface area (Å²) in [6.45, 7) is 4.48. The van der Waals surface area contributed by atoms with Gasteiger partial charge >= 0.3 is 39.5 Å². The minimum absolute atomic E-state index is 0.0338. The largest absolute Gasteiger partial charge is 0.472 e. The molecule has 0 bridgehead atoms. The molecule has 0 spiro atoms. The summed E-state index contributed by atoms with van der Waals surface area (Å²) in [5.74, 6) is -2.32. The molecule has 0 saturated carbocycles. The first-order valence-corrected chi connectivity index (χ1v) is 42.1. The average molecular weight is 1470 g/mol. The molecule has 0 aliphatic heterocycles. The van der Waals surface area contributed by atoms with Gasteiger partial charge in [-0.3, -0.25) is 37.3 Å². The Hall–Kier alpha value is -5.06. The smallest absolute Gasteiger partial charge is 0.462 e. The Bertz CT molecular complexity index is 2510. The number of esters is 4. The molecule has 5 unspecified atom stereocenters. The lowest BCUT2D eigenvalue weighted by Crippen LogP contribution is -2.30. The van der Waals surface area contributed by atoms with Crippen molar-refractivity contribution in [2.24, 2.45) is 0 Å². The van der Waals surface area contributed by atoms with E-state index in [2.05, 4.69) is 155 Å². The van der Waals surface area contributed by atoms with Crippen molar-refractivity contribution in [3.63, 3.8) is 0 Å². The van der Waals surface area contributed by atoms with Crippen molar-refractivity contribution in [2.75, 3.05) is 39.6 Å². The highest BCUT2D eigenvalue weighted by Crippen LogP contribution is 2.45. The van der Waals surface area contributed by atoms with Crippen LogP contribution in [-0.4, -0.2) is 96.7 Å². The Morgan fingerprint density at radius 1 is 0.284 bits per heavy atom. The van der Waals surface area contributed by atoms with Gasteiger partial charge in [-0.05, 0) is 135 Å². The maximum atomic E-state index is 13.1. The molecule has 102 heavy (non-hydrogen) atoms. The van der Waals surface area contributed by atoms with E-state index in [4.69, 9.17) is 37.0 Å². The summed E-state index contributed by atoms with van der Waals surface area (Å²) >= 11 is 0. The summed E-state index contributed by atoms with van der Waals surface area (Å²) < 4.78 is 68.4. The monoisotopic (exact) mass is 1470 g/mol. The number of unbranched alkanes of at least 4 members (excludes halogenated alkanes) is 22. The van der Waals surface area contributed by atoms with Gasteiger partial charge in [-0.25, -0.2) is 9.13 Å². The molecule has 0 saturated heterocycles. The quantitative estimate of drug-likeness (QED) is 0.0169. The van der Waals surface area contributed by atoms with Crippen LogP contribution in [0.4, 0.5) is 0 Å². The maximum Gasteiger partial charge on any atom is 0.472 e. The number of ether oxygens (including phenoxy) is 4. The molecule has 19 heteroatoms. The van der Waals surface area contributed by atoms with Crippen LogP contribution in [0.25, 0.3) is 0 Å². The Labute approximate surface area is 617 Å². The van der Waals surface area contributed by atoms with E-state index < -0.39 is 97.5 Å². The highest BCUT2D eigenvalue weighted by Gasteiger charge is 2.30. The van der Waals surface area contributed by atoms with E-state index in [-0.39, 0.29) is 25.7 Å². The van der Waals surface area contributed by atoms with Gasteiger partial charge in [0, 0.05) is 25.7 Å². The Balaban J connectivity index is 5.42. The second-order valence-corrected chi connectivity index (χ2v) is 28.4. The molecule has 17 nitrogen and oxygen atoms in total. The van der Waals surface area contributed by atoms with Crippen LogP contribution in [0, 0.1) is 0 Å². The van der Waals surface area contributed by atoms with E-state index in [1.807, 2.05) is 18.2 Å². The number of aliphatic hydroxyl groups excluding tert-OH is 1. The molecule has 0 rings (SSSR count). The van der Waals surface area contributed by atoms with Crippen molar-refractivity contribution >= 4 is 39.5 Å². The summed E-state index contributed by atoms with van der Waals surface area (Å²) in [5.41, 5.74) is 0. The molecular weight excluding hydrogens is 1330 g/mol. The number of aliphatic hydroxyl groups is 1. The molecule has 0 fully saturated rings. The normalized spacial score (nSPS) is 14.7. The van der Waals surface area contributed by atoms with Crippen LogP contribution in [0.2, 0.25) is 0 Å². The van der Waals surface area contributed by atoms with Gasteiger partial charge in [-0.1, -0.05) is 283 Å². The number of hydrogen-bond donors (Lipinski definition) is 3. The second-order valence-electron chi connectivity index (χ2n) is 25.5. The first-order valence-electron chi connectivity index (χ1n) is 39.1. The SMILES string of the molecule is CC/C=C\C/C=C\C/C=C\C/C=C\C/C=C\C/C=C\CCC(=O)OCC(COP(=O)(O)OCC(O)COP(=O)(O)OCC(COC(=O)CCCCCC/C=C\C/C=C\C/C=C\C/C=C\CC)OC(=O)CCCCCCC/C=C\C/C=C\CCCCC)OC(=O)CCCCCCCCCCCCC. The van der Waals surface area contributed by atoms with E-state index in [1.165, 1.54) is 57.8 Å². The zero-order chi connectivity index (χ0) is 74.6. The number of carbonyl (C=O) groups is 4. The molecule has 0 heterocycles. The van der Waals surface area contributed by atoms with Crippen LogP contribution < -0.4 is 0 Å². The third-order valence-electron chi connectivity index (χ3n) is 15.8. The van der Waals surface area contributed by atoms with Crippen molar-refractivity contribution in [3.05, 3.63) is 146 Å².